The highest BCUT2D eigenvalue weighted by molar-refractivity contribution is 5.68. The third-order valence-corrected chi connectivity index (χ3v) is 2.50. The minimum Gasteiger partial charge on any atom is -0.490 e. The second-order valence-corrected chi connectivity index (χ2v) is 4.15. The number of hydrogen-bond acceptors (Lipinski definition) is 5. The minimum absolute atomic E-state index is 0.166. The van der Waals surface area contributed by atoms with Gasteiger partial charge in [-0.1, -0.05) is 6.07 Å². The van der Waals surface area contributed by atoms with Gasteiger partial charge in [-0.2, -0.15) is 0 Å². The van der Waals surface area contributed by atoms with Crippen LogP contribution in [0.25, 0.3) is 0 Å². The van der Waals surface area contributed by atoms with Crippen LogP contribution >= 0.6 is 0 Å². The van der Waals surface area contributed by atoms with Crippen molar-refractivity contribution in [2.45, 2.75) is 19.9 Å². The largest absolute Gasteiger partial charge is 0.490 e. The third kappa shape index (κ3) is 5.90. The second kappa shape index (κ2) is 9.17. The number of ether oxygens (including phenoxy) is 2. The predicted molar refractivity (Wildman–Crippen MR) is 74.2 cm³/mol. The molecule has 0 fully saturated rings. The molecule has 0 aliphatic heterocycles. The number of nitrogens with one attached hydrogen (secondary N) is 1. The lowest BCUT2D eigenvalue weighted by atomic mass is 10.2. The van der Waals surface area contributed by atoms with Crippen molar-refractivity contribution >= 4 is 5.97 Å². The Hall–Kier alpha value is -1.79. The topological polar surface area (TPSA) is 88.0 Å². The van der Waals surface area contributed by atoms with Gasteiger partial charge in [-0.05, 0) is 37.6 Å². The highest BCUT2D eigenvalue weighted by Gasteiger charge is 2.08. The summed E-state index contributed by atoms with van der Waals surface area (Å²) in [4.78, 5) is 10.5. The zero-order valence-electron chi connectivity index (χ0n) is 11.6. The molecule has 1 aromatic rings. The van der Waals surface area contributed by atoms with E-state index in [0.717, 1.165) is 12.1 Å². The lowest BCUT2D eigenvalue weighted by molar-refractivity contribution is -0.139. The maximum Gasteiger partial charge on any atom is 0.341 e. The Kier molecular flexibility index (Phi) is 7.46. The molecule has 6 heteroatoms. The predicted octanol–water partition coefficient (Wildman–Crippen LogP) is 1.02. The molecule has 0 aliphatic rings. The first-order chi connectivity index (χ1) is 9.67. The molecule has 0 bridgehead atoms. The van der Waals surface area contributed by atoms with Gasteiger partial charge >= 0.3 is 5.97 Å². The van der Waals surface area contributed by atoms with E-state index < -0.39 is 12.6 Å². The van der Waals surface area contributed by atoms with Crippen molar-refractivity contribution in [3.63, 3.8) is 0 Å². The molecule has 3 N–H and O–H groups in total. The molecule has 0 unspecified atom stereocenters. The van der Waals surface area contributed by atoms with Crippen LogP contribution in [0.4, 0.5) is 0 Å². The monoisotopic (exact) mass is 283 g/mol. The first-order valence-corrected chi connectivity index (χ1v) is 6.59. The number of hydrogen-bond donors (Lipinski definition) is 3. The van der Waals surface area contributed by atoms with E-state index in [0.29, 0.717) is 31.1 Å². The Balaban J connectivity index is 2.65. The number of aliphatic hydroxyl groups excluding tert-OH is 1. The molecule has 0 aliphatic carbocycles. The lowest BCUT2D eigenvalue weighted by Gasteiger charge is -2.12. The van der Waals surface area contributed by atoms with Crippen molar-refractivity contribution < 1.29 is 24.5 Å². The van der Waals surface area contributed by atoms with Crippen molar-refractivity contribution in [3.8, 4) is 11.5 Å². The van der Waals surface area contributed by atoms with Gasteiger partial charge in [0.2, 0.25) is 0 Å². The van der Waals surface area contributed by atoms with Crippen LogP contribution in [0.5, 0.6) is 11.5 Å². The van der Waals surface area contributed by atoms with Crippen molar-refractivity contribution in [1.29, 1.82) is 0 Å². The van der Waals surface area contributed by atoms with E-state index in [1.165, 1.54) is 0 Å². The van der Waals surface area contributed by atoms with Gasteiger partial charge in [-0.15, -0.1) is 0 Å². The maximum absolute atomic E-state index is 10.5. The van der Waals surface area contributed by atoms with Gasteiger partial charge in [-0.3, -0.25) is 0 Å². The Morgan fingerprint density at radius 2 is 2.10 bits per heavy atom. The van der Waals surface area contributed by atoms with E-state index >= 15 is 0 Å². The molecule has 0 aromatic heterocycles. The SMILES string of the molecule is CCOc1cc(CNCCCO)ccc1OCC(=O)O. The minimum atomic E-state index is -1.03. The summed E-state index contributed by atoms with van der Waals surface area (Å²) in [5.74, 6) is -0.0641. The molecule has 1 aromatic carbocycles. The molecular weight excluding hydrogens is 262 g/mol. The van der Waals surface area contributed by atoms with Gasteiger partial charge in [0.15, 0.2) is 18.1 Å². The molecular formula is C14H21NO5. The van der Waals surface area contributed by atoms with E-state index in [4.69, 9.17) is 19.7 Å². The summed E-state index contributed by atoms with van der Waals surface area (Å²) in [6.07, 6.45) is 0.706. The van der Waals surface area contributed by atoms with Crippen LogP contribution in [0, 0.1) is 0 Å². The molecule has 0 spiro atoms. The van der Waals surface area contributed by atoms with Crippen LogP contribution in [0.3, 0.4) is 0 Å². The summed E-state index contributed by atoms with van der Waals surface area (Å²) in [6.45, 7) is 3.49. The average molecular weight is 283 g/mol. The Labute approximate surface area is 118 Å². The van der Waals surface area contributed by atoms with Crippen molar-refractivity contribution in [2.75, 3.05) is 26.4 Å². The first-order valence-electron chi connectivity index (χ1n) is 6.59. The molecule has 1 rings (SSSR count). The molecule has 0 radical (unpaired) electrons. The number of carboxylic acid groups (broad SMARTS) is 1. The third-order valence-electron chi connectivity index (χ3n) is 2.50. The molecule has 0 amide bonds. The van der Waals surface area contributed by atoms with Crippen molar-refractivity contribution in [3.05, 3.63) is 23.8 Å². The standard InChI is InChI=1S/C14H21NO5/c1-2-19-13-8-11(9-15-6-3-7-16)4-5-12(13)20-10-14(17)18/h4-5,8,15-16H,2-3,6-7,9-10H2,1H3,(H,17,18). The van der Waals surface area contributed by atoms with Crippen LogP contribution < -0.4 is 14.8 Å². The summed E-state index contributed by atoms with van der Waals surface area (Å²) >= 11 is 0. The molecule has 0 saturated heterocycles. The molecule has 6 nitrogen and oxygen atoms in total. The molecule has 0 saturated carbocycles. The number of aliphatic hydroxyl groups is 1. The van der Waals surface area contributed by atoms with Crippen molar-refractivity contribution in [2.24, 2.45) is 0 Å². The number of carbonyl (C=O) groups is 1. The van der Waals surface area contributed by atoms with E-state index in [1.807, 2.05) is 19.1 Å². The van der Waals surface area contributed by atoms with Crippen LogP contribution in [0.15, 0.2) is 18.2 Å². The molecule has 0 atom stereocenters. The lowest BCUT2D eigenvalue weighted by Crippen LogP contribution is -2.16. The van der Waals surface area contributed by atoms with E-state index in [1.54, 1.807) is 6.07 Å². The van der Waals surface area contributed by atoms with Gasteiger partial charge in [0.25, 0.3) is 0 Å². The van der Waals surface area contributed by atoms with Gasteiger partial charge in [0, 0.05) is 13.2 Å². The zero-order valence-corrected chi connectivity index (χ0v) is 11.6. The van der Waals surface area contributed by atoms with Gasteiger partial charge < -0.3 is 25.0 Å². The Morgan fingerprint density at radius 1 is 1.30 bits per heavy atom. The Morgan fingerprint density at radius 3 is 2.75 bits per heavy atom. The second-order valence-electron chi connectivity index (χ2n) is 4.15. The van der Waals surface area contributed by atoms with Crippen LogP contribution in [0.1, 0.15) is 18.9 Å². The van der Waals surface area contributed by atoms with Crippen LogP contribution in [-0.4, -0.2) is 42.5 Å². The highest BCUT2D eigenvalue weighted by atomic mass is 16.5. The first kappa shape index (κ1) is 16.3. The quantitative estimate of drug-likeness (QED) is 0.556. The van der Waals surface area contributed by atoms with Crippen LogP contribution in [0.2, 0.25) is 0 Å². The highest BCUT2D eigenvalue weighted by Crippen LogP contribution is 2.28. The summed E-state index contributed by atoms with van der Waals surface area (Å²) in [6, 6.07) is 5.38. The summed E-state index contributed by atoms with van der Waals surface area (Å²) in [5.41, 5.74) is 1.01. The van der Waals surface area contributed by atoms with Crippen LogP contribution in [-0.2, 0) is 11.3 Å². The van der Waals surface area contributed by atoms with Gasteiger partial charge in [0.05, 0.1) is 6.61 Å². The molecule has 20 heavy (non-hydrogen) atoms. The maximum atomic E-state index is 10.5. The van der Waals surface area contributed by atoms with Crippen molar-refractivity contribution in [1.82, 2.24) is 5.32 Å². The number of aliphatic carboxylic acids is 1. The number of benzene rings is 1. The fourth-order valence-corrected chi connectivity index (χ4v) is 1.63. The summed E-state index contributed by atoms with van der Waals surface area (Å²) in [5, 5.41) is 20.5. The van der Waals surface area contributed by atoms with E-state index in [-0.39, 0.29) is 6.61 Å². The summed E-state index contributed by atoms with van der Waals surface area (Å²) < 4.78 is 10.6. The molecule has 112 valence electrons. The van der Waals surface area contributed by atoms with Gasteiger partial charge in [0.1, 0.15) is 0 Å². The Bertz CT molecular complexity index is 422. The van der Waals surface area contributed by atoms with E-state index in [9.17, 15) is 4.79 Å². The zero-order chi connectivity index (χ0) is 14.8. The number of carboxylic acids is 1. The smallest absolute Gasteiger partial charge is 0.341 e. The average Bonchev–Trinajstić information content (AvgIpc) is 2.43. The fourth-order valence-electron chi connectivity index (χ4n) is 1.63. The van der Waals surface area contributed by atoms with E-state index in [2.05, 4.69) is 5.32 Å². The fraction of sp³-hybridized carbons (Fsp3) is 0.500. The summed E-state index contributed by atoms with van der Waals surface area (Å²) in [7, 11) is 0. The van der Waals surface area contributed by atoms with Gasteiger partial charge in [-0.25, -0.2) is 4.79 Å². The molecule has 0 heterocycles. The normalized spacial score (nSPS) is 10.3. The number of rotatable bonds is 10.